The molecule has 1 atom stereocenters. The van der Waals surface area contributed by atoms with Gasteiger partial charge >= 0.3 is 5.63 Å². The van der Waals surface area contributed by atoms with E-state index >= 15 is 0 Å². The van der Waals surface area contributed by atoms with Crippen LogP contribution in [0.4, 0.5) is 5.69 Å². The Hall–Kier alpha value is -3.12. The lowest BCUT2D eigenvalue weighted by Crippen LogP contribution is -2.31. The third-order valence-corrected chi connectivity index (χ3v) is 5.90. The van der Waals surface area contributed by atoms with Gasteiger partial charge < -0.3 is 18.6 Å². The molecular weight excluding hydrogens is 364 g/mol. The van der Waals surface area contributed by atoms with Gasteiger partial charge in [-0.15, -0.1) is 0 Å². The van der Waals surface area contributed by atoms with Crippen molar-refractivity contribution in [3.63, 3.8) is 0 Å². The summed E-state index contributed by atoms with van der Waals surface area (Å²) in [6.45, 7) is 3.95. The van der Waals surface area contributed by atoms with Crippen LogP contribution in [0.25, 0.3) is 27.6 Å². The molecule has 3 aromatic heterocycles. The zero-order valence-electron chi connectivity index (χ0n) is 16.9. The molecule has 4 heterocycles. The standard InChI is InChI=1S/C23H24N4O2/c1-15-12-27-13-17(8-20(27)11-24-15)21-9-16-4-5-18(10-22(16)29-23(21)28)26-7-6-19(14-26)25(2)3/h4-5,8-13,19H,6-7,14H2,1-3H3. The van der Waals surface area contributed by atoms with Gasteiger partial charge in [0.25, 0.3) is 0 Å². The van der Waals surface area contributed by atoms with Crippen LogP contribution in [-0.4, -0.2) is 47.5 Å². The van der Waals surface area contributed by atoms with E-state index < -0.39 is 0 Å². The maximum absolute atomic E-state index is 12.7. The minimum atomic E-state index is -0.317. The van der Waals surface area contributed by atoms with Crippen LogP contribution in [0.15, 0.2) is 58.1 Å². The zero-order valence-corrected chi connectivity index (χ0v) is 16.9. The van der Waals surface area contributed by atoms with Crippen LogP contribution in [0.5, 0.6) is 0 Å². The first kappa shape index (κ1) is 17.9. The van der Waals surface area contributed by atoms with Gasteiger partial charge in [0.2, 0.25) is 0 Å². The lowest BCUT2D eigenvalue weighted by atomic mass is 10.1. The molecule has 0 amide bonds. The summed E-state index contributed by atoms with van der Waals surface area (Å²) in [6, 6.07) is 10.6. The highest BCUT2D eigenvalue weighted by molar-refractivity contribution is 5.85. The Morgan fingerprint density at radius 1 is 1.17 bits per heavy atom. The molecule has 1 unspecified atom stereocenters. The average Bonchev–Trinajstić information content (AvgIpc) is 3.34. The van der Waals surface area contributed by atoms with E-state index in [0.717, 1.165) is 47.4 Å². The van der Waals surface area contributed by atoms with Crippen molar-refractivity contribution >= 4 is 22.2 Å². The van der Waals surface area contributed by atoms with Crippen molar-refractivity contribution in [2.75, 3.05) is 32.1 Å². The Kier molecular flexibility index (Phi) is 4.17. The third-order valence-electron chi connectivity index (χ3n) is 5.90. The summed E-state index contributed by atoms with van der Waals surface area (Å²) in [5, 5.41) is 0.927. The van der Waals surface area contributed by atoms with E-state index in [-0.39, 0.29) is 5.63 Å². The highest BCUT2D eigenvalue weighted by Crippen LogP contribution is 2.28. The zero-order chi connectivity index (χ0) is 20.1. The monoisotopic (exact) mass is 388 g/mol. The normalized spacial score (nSPS) is 17.1. The van der Waals surface area contributed by atoms with E-state index in [4.69, 9.17) is 4.42 Å². The molecule has 4 aromatic rings. The Morgan fingerprint density at radius 3 is 2.83 bits per heavy atom. The summed E-state index contributed by atoms with van der Waals surface area (Å²) in [5.74, 6) is 0. The van der Waals surface area contributed by atoms with Crippen LogP contribution >= 0.6 is 0 Å². The van der Waals surface area contributed by atoms with Crippen molar-refractivity contribution in [2.45, 2.75) is 19.4 Å². The minimum Gasteiger partial charge on any atom is -0.422 e. The van der Waals surface area contributed by atoms with Gasteiger partial charge in [-0.05, 0) is 51.7 Å². The van der Waals surface area contributed by atoms with E-state index in [1.54, 1.807) is 0 Å². The fourth-order valence-electron chi connectivity index (χ4n) is 4.16. The Morgan fingerprint density at radius 2 is 2.03 bits per heavy atom. The molecule has 6 nitrogen and oxygen atoms in total. The number of rotatable bonds is 3. The van der Waals surface area contributed by atoms with Gasteiger partial charge in [-0.2, -0.15) is 0 Å². The molecule has 148 valence electrons. The second-order valence-electron chi connectivity index (χ2n) is 8.11. The Labute approximate surface area is 169 Å². The summed E-state index contributed by atoms with van der Waals surface area (Å²) in [6.07, 6.45) is 6.85. The van der Waals surface area contributed by atoms with E-state index in [9.17, 15) is 4.79 Å². The van der Waals surface area contributed by atoms with Crippen LogP contribution < -0.4 is 10.5 Å². The van der Waals surface area contributed by atoms with Crippen molar-refractivity contribution in [3.8, 4) is 11.1 Å². The number of benzene rings is 1. The number of fused-ring (bicyclic) bond motifs is 2. The second kappa shape index (κ2) is 6.74. The first-order valence-corrected chi connectivity index (χ1v) is 9.92. The molecule has 1 saturated heterocycles. The molecule has 6 heteroatoms. The molecule has 1 aliphatic heterocycles. The van der Waals surface area contributed by atoms with Gasteiger partial charge in [0.05, 0.1) is 23.0 Å². The van der Waals surface area contributed by atoms with E-state index in [1.165, 1.54) is 0 Å². The number of nitrogens with zero attached hydrogens (tertiary/aromatic N) is 4. The van der Waals surface area contributed by atoms with Gasteiger partial charge in [-0.3, -0.25) is 4.98 Å². The lowest BCUT2D eigenvalue weighted by molar-refractivity contribution is 0.315. The van der Waals surface area contributed by atoms with Gasteiger partial charge in [-0.1, -0.05) is 0 Å². The topological polar surface area (TPSA) is 54.0 Å². The van der Waals surface area contributed by atoms with Gasteiger partial charge in [0.1, 0.15) is 5.58 Å². The molecule has 0 aliphatic carbocycles. The Bertz CT molecular complexity index is 1270. The highest BCUT2D eigenvalue weighted by Gasteiger charge is 2.24. The van der Waals surface area contributed by atoms with Crippen LogP contribution in [0.1, 0.15) is 12.1 Å². The minimum absolute atomic E-state index is 0.317. The first-order chi connectivity index (χ1) is 14.0. The molecule has 1 aromatic carbocycles. The maximum atomic E-state index is 12.7. The lowest BCUT2D eigenvalue weighted by Gasteiger charge is -2.22. The van der Waals surface area contributed by atoms with Crippen LogP contribution in [0, 0.1) is 6.92 Å². The van der Waals surface area contributed by atoms with E-state index in [0.29, 0.717) is 17.2 Å². The number of likely N-dealkylation sites (N-methyl/N-ethyl adjacent to an activating group) is 1. The van der Waals surface area contributed by atoms with Crippen molar-refractivity contribution in [1.29, 1.82) is 0 Å². The summed E-state index contributed by atoms with van der Waals surface area (Å²) in [4.78, 5) is 21.7. The van der Waals surface area contributed by atoms with E-state index in [1.807, 2.05) is 54.2 Å². The molecule has 0 saturated carbocycles. The quantitative estimate of drug-likeness (QED) is 0.503. The molecule has 0 bridgehead atoms. The summed E-state index contributed by atoms with van der Waals surface area (Å²) in [5.41, 5.74) is 4.70. The molecule has 1 fully saturated rings. The van der Waals surface area contributed by atoms with Crippen LogP contribution in [0.2, 0.25) is 0 Å². The number of aryl methyl sites for hydroxylation is 1. The maximum Gasteiger partial charge on any atom is 0.344 e. The fraction of sp³-hybridized carbons (Fsp3) is 0.304. The molecule has 5 rings (SSSR count). The van der Waals surface area contributed by atoms with Crippen molar-refractivity contribution in [3.05, 3.63) is 65.0 Å². The first-order valence-electron chi connectivity index (χ1n) is 9.92. The summed E-state index contributed by atoms with van der Waals surface area (Å²) in [7, 11) is 4.25. The Balaban J connectivity index is 1.52. The number of hydrogen-bond acceptors (Lipinski definition) is 5. The molecule has 29 heavy (non-hydrogen) atoms. The largest absolute Gasteiger partial charge is 0.422 e. The van der Waals surface area contributed by atoms with E-state index in [2.05, 4.69) is 34.9 Å². The SMILES string of the molecule is Cc1cn2cc(-c3cc4ccc(N5CCC(N(C)C)C5)cc4oc3=O)cc2cn1. The number of anilines is 1. The third kappa shape index (κ3) is 3.19. The number of aromatic nitrogens is 2. The average molecular weight is 388 g/mol. The summed E-state index contributed by atoms with van der Waals surface area (Å²) >= 11 is 0. The molecule has 1 aliphatic rings. The van der Waals surface area contributed by atoms with Crippen LogP contribution in [-0.2, 0) is 0 Å². The number of hydrogen-bond donors (Lipinski definition) is 0. The summed E-state index contributed by atoms with van der Waals surface area (Å²) < 4.78 is 7.71. The van der Waals surface area contributed by atoms with Crippen molar-refractivity contribution in [1.82, 2.24) is 14.3 Å². The smallest absolute Gasteiger partial charge is 0.344 e. The van der Waals surface area contributed by atoms with Crippen LogP contribution in [0.3, 0.4) is 0 Å². The molecular formula is C23H24N4O2. The molecule has 0 spiro atoms. The van der Waals surface area contributed by atoms with Gasteiger partial charge in [-0.25, -0.2) is 4.79 Å². The predicted molar refractivity (Wildman–Crippen MR) is 116 cm³/mol. The molecule has 0 N–H and O–H groups in total. The van der Waals surface area contributed by atoms with Gasteiger partial charge in [0.15, 0.2) is 0 Å². The van der Waals surface area contributed by atoms with Crippen molar-refractivity contribution in [2.24, 2.45) is 0 Å². The second-order valence-corrected chi connectivity index (χ2v) is 8.11. The highest BCUT2D eigenvalue weighted by atomic mass is 16.4. The predicted octanol–water partition coefficient (Wildman–Crippen LogP) is 3.56. The van der Waals surface area contributed by atoms with Gasteiger partial charge in [0, 0.05) is 54.2 Å². The van der Waals surface area contributed by atoms with Crippen molar-refractivity contribution < 1.29 is 4.42 Å². The fourth-order valence-corrected chi connectivity index (χ4v) is 4.16. The molecule has 0 radical (unpaired) electrons.